The third-order valence-electron chi connectivity index (χ3n) is 2.24. The maximum absolute atomic E-state index is 10.6. The number of methoxy groups -OCH3 is 2. The third-order valence-corrected chi connectivity index (χ3v) is 2.24. The first-order valence-corrected chi connectivity index (χ1v) is 6.14. The summed E-state index contributed by atoms with van der Waals surface area (Å²) < 4.78 is 8.78. The zero-order valence-electron chi connectivity index (χ0n) is 12.6. The number of ether oxygens (including phenoxy) is 2. The van der Waals surface area contributed by atoms with Gasteiger partial charge in [0.1, 0.15) is 0 Å². The van der Waals surface area contributed by atoms with E-state index in [1.54, 1.807) is 24.5 Å². The second kappa shape index (κ2) is 11.5. The number of hydrogen-bond donors (Lipinski definition) is 2. The van der Waals surface area contributed by atoms with E-state index < -0.39 is 0 Å². The maximum atomic E-state index is 10.6. The second-order valence-corrected chi connectivity index (χ2v) is 3.73. The van der Waals surface area contributed by atoms with E-state index in [1.165, 1.54) is 39.0 Å². The molecule has 2 rings (SSSR count). The normalized spacial score (nSPS) is 9.83. The van der Waals surface area contributed by atoms with E-state index in [-0.39, 0.29) is 17.4 Å². The van der Waals surface area contributed by atoms with Crippen molar-refractivity contribution in [3.63, 3.8) is 0 Å². The van der Waals surface area contributed by atoms with Crippen LogP contribution >= 0.6 is 0 Å². The molecule has 2 heterocycles. The monoisotopic (exact) mass is 322 g/mol. The van der Waals surface area contributed by atoms with Crippen molar-refractivity contribution in [3.05, 3.63) is 48.6 Å². The molecule has 0 unspecified atom stereocenters. The van der Waals surface area contributed by atoms with Crippen molar-refractivity contribution >= 4 is 24.1 Å². The van der Waals surface area contributed by atoms with Crippen LogP contribution in [-0.4, -0.2) is 51.6 Å². The fourth-order valence-electron chi connectivity index (χ4n) is 1.17. The van der Waals surface area contributed by atoms with Gasteiger partial charge in [-0.15, -0.1) is 0 Å². The Balaban J connectivity index is 0.000000403. The van der Waals surface area contributed by atoms with Crippen molar-refractivity contribution in [2.45, 2.75) is 0 Å². The summed E-state index contributed by atoms with van der Waals surface area (Å²) in [6.07, 6.45) is 12.1. The Morgan fingerprint density at radius 2 is 1.30 bits per heavy atom. The number of carbonyl (C=O) groups excluding carboxylic acids is 2. The lowest BCUT2D eigenvalue weighted by atomic mass is 10.4. The Labute approximate surface area is 132 Å². The van der Waals surface area contributed by atoms with Crippen molar-refractivity contribution < 1.29 is 24.5 Å². The van der Waals surface area contributed by atoms with Crippen LogP contribution in [0.15, 0.2) is 37.2 Å². The molecule has 0 aliphatic heterocycles. The van der Waals surface area contributed by atoms with Crippen LogP contribution in [0.2, 0.25) is 0 Å². The van der Waals surface area contributed by atoms with Gasteiger partial charge in [-0.25, -0.2) is 19.6 Å². The molecule has 0 aliphatic carbocycles. The summed E-state index contributed by atoms with van der Waals surface area (Å²) in [7, 11) is 2.67. The number of hydrogen-bond acceptors (Lipinski definition) is 6. The summed E-state index contributed by atoms with van der Waals surface area (Å²) >= 11 is 0. The highest BCUT2D eigenvalue weighted by Crippen LogP contribution is 1.94. The van der Waals surface area contributed by atoms with Gasteiger partial charge < -0.3 is 24.9 Å². The summed E-state index contributed by atoms with van der Waals surface area (Å²) in [5.41, 5.74) is 1.55. The quantitative estimate of drug-likeness (QED) is 0.615. The Kier molecular flexibility index (Phi) is 9.86. The molecule has 9 heteroatoms. The van der Waals surface area contributed by atoms with E-state index >= 15 is 0 Å². The number of aromatic nitrogens is 4. The van der Waals surface area contributed by atoms with E-state index in [1.807, 2.05) is 0 Å². The molecule has 0 spiro atoms. The average Bonchev–Trinajstić information content (AvgIpc) is 3.24. The molecule has 0 bridgehead atoms. The molecule has 0 fully saturated rings. The molecule has 0 saturated carbocycles. The van der Waals surface area contributed by atoms with Gasteiger partial charge >= 0.3 is 11.9 Å². The zero-order valence-corrected chi connectivity index (χ0v) is 12.6. The summed E-state index contributed by atoms with van der Waals surface area (Å²) in [5.74, 6) is -0.751. The van der Waals surface area contributed by atoms with Crippen molar-refractivity contribution in [2.24, 2.45) is 0 Å². The van der Waals surface area contributed by atoms with Gasteiger partial charge in [-0.3, -0.25) is 0 Å². The van der Waals surface area contributed by atoms with Gasteiger partial charge in [0.15, 0.2) is 0 Å². The zero-order chi connectivity index (χ0) is 16.2. The molecule has 2 aromatic rings. The highest BCUT2D eigenvalue weighted by Gasteiger charge is 1.91. The van der Waals surface area contributed by atoms with Crippen molar-refractivity contribution in [2.75, 3.05) is 14.2 Å². The standard InChI is InChI=1S/2C7H8N2O2.H2O/c2*1-11-7(10)3-2-6-4-8-5-9-6;/h2*2-5H,1H3,(H,8,9);1H2/b2*3-2+;. The minimum atomic E-state index is -0.375. The number of H-pyrrole nitrogens is 2. The topological polar surface area (TPSA) is 141 Å². The lowest BCUT2D eigenvalue weighted by Gasteiger charge is -1.87. The van der Waals surface area contributed by atoms with Gasteiger partial charge in [0.05, 0.1) is 50.7 Å². The van der Waals surface area contributed by atoms with Gasteiger partial charge in [-0.05, 0) is 12.2 Å². The van der Waals surface area contributed by atoms with Crippen LogP contribution in [0.3, 0.4) is 0 Å². The van der Waals surface area contributed by atoms with Crippen LogP contribution in [0.4, 0.5) is 0 Å². The van der Waals surface area contributed by atoms with Gasteiger partial charge in [0.25, 0.3) is 0 Å². The number of nitrogens with one attached hydrogen (secondary N) is 2. The molecule has 0 aliphatic rings. The molecule has 9 nitrogen and oxygen atoms in total. The Morgan fingerprint density at radius 3 is 1.57 bits per heavy atom. The molecule has 4 N–H and O–H groups in total. The molecule has 0 saturated heterocycles. The van der Waals surface area contributed by atoms with Gasteiger partial charge in [-0.2, -0.15) is 0 Å². The van der Waals surface area contributed by atoms with Crippen LogP contribution in [-0.2, 0) is 19.1 Å². The first-order valence-electron chi connectivity index (χ1n) is 6.14. The smallest absolute Gasteiger partial charge is 0.330 e. The van der Waals surface area contributed by atoms with Crippen molar-refractivity contribution in [3.8, 4) is 0 Å². The predicted octanol–water partition coefficient (Wildman–Crippen LogP) is 0.367. The fourth-order valence-corrected chi connectivity index (χ4v) is 1.17. The van der Waals surface area contributed by atoms with Crippen molar-refractivity contribution in [1.82, 2.24) is 19.9 Å². The Hall–Kier alpha value is -3.20. The molecule has 2 aromatic heterocycles. The second-order valence-electron chi connectivity index (χ2n) is 3.73. The summed E-state index contributed by atoms with van der Waals surface area (Å²) in [4.78, 5) is 34.3. The number of carbonyl (C=O) groups is 2. The molecule has 124 valence electrons. The molecule has 23 heavy (non-hydrogen) atoms. The van der Waals surface area contributed by atoms with Gasteiger partial charge in [0, 0.05) is 12.2 Å². The predicted molar refractivity (Wildman–Crippen MR) is 82.9 cm³/mol. The van der Waals surface area contributed by atoms with Crippen LogP contribution in [0.5, 0.6) is 0 Å². The first-order chi connectivity index (χ1) is 10.7. The van der Waals surface area contributed by atoms with E-state index in [2.05, 4.69) is 29.4 Å². The van der Waals surface area contributed by atoms with E-state index in [4.69, 9.17) is 0 Å². The van der Waals surface area contributed by atoms with Gasteiger partial charge in [0.2, 0.25) is 0 Å². The minimum Gasteiger partial charge on any atom is -0.466 e. The molecule has 0 aromatic carbocycles. The highest BCUT2D eigenvalue weighted by atomic mass is 16.5. The first kappa shape index (κ1) is 19.8. The fraction of sp³-hybridized carbons (Fsp3) is 0.143. The average molecular weight is 322 g/mol. The Morgan fingerprint density at radius 1 is 0.913 bits per heavy atom. The number of rotatable bonds is 4. The highest BCUT2D eigenvalue weighted by molar-refractivity contribution is 5.86. The molecule has 0 radical (unpaired) electrons. The SMILES string of the molecule is COC(=O)/C=C/c1cnc[nH]1.COC(=O)/C=C/c1cnc[nH]1.O. The summed E-state index contributed by atoms with van der Waals surface area (Å²) in [6, 6.07) is 0. The van der Waals surface area contributed by atoms with Crippen molar-refractivity contribution in [1.29, 1.82) is 0 Å². The summed E-state index contributed by atoms with van der Waals surface area (Å²) in [6.45, 7) is 0. The van der Waals surface area contributed by atoms with Crippen LogP contribution < -0.4 is 0 Å². The van der Waals surface area contributed by atoms with Gasteiger partial charge in [-0.1, -0.05) is 0 Å². The maximum Gasteiger partial charge on any atom is 0.330 e. The van der Waals surface area contributed by atoms with E-state index in [0.717, 1.165) is 11.4 Å². The Bertz CT molecular complexity index is 561. The van der Waals surface area contributed by atoms with E-state index in [9.17, 15) is 9.59 Å². The number of imidazole rings is 2. The minimum absolute atomic E-state index is 0. The molecular formula is C14H18N4O5. The summed E-state index contributed by atoms with van der Waals surface area (Å²) in [5, 5.41) is 0. The third kappa shape index (κ3) is 8.63. The largest absolute Gasteiger partial charge is 0.466 e. The number of nitrogens with zero attached hydrogens (tertiary/aromatic N) is 2. The van der Waals surface area contributed by atoms with E-state index in [0.29, 0.717) is 0 Å². The molecule has 0 atom stereocenters. The molecule has 0 amide bonds. The van der Waals surface area contributed by atoms with Crippen LogP contribution in [0.1, 0.15) is 11.4 Å². The lowest BCUT2D eigenvalue weighted by Crippen LogP contribution is -1.93. The molecular weight excluding hydrogens is 304 g/mol. The lowest BCUT2D eigenvalue weighted by molar-refractivity contribution is -0.135. The van der Waals surface area contributed by atoms with Crippen LogP contribution in [0, 0.1) is 0 Å². The number of aromatic amines is 2. The van der Waals surface area contributed by atoms with Crippen LogP contribution in [0.25, 0.3) is 12.2 Å². The number of esters is 2.